The third-order valence-electron chi connectivity index (χ3n) is 4.97. The third-order valence-corrected chi connectivity index (χ3v) is 4.97. The summed E-state index contributed by atoms with van der Waals surface area (Å²) in [5.74, 6) is -0.894. The molecule has 3 heterocycles. The van der Waals surface area contributed by atoms with E-state index in [1.54, 1.807) is 10.9 Å². The largest absolute Gasteiger partial charge is 0.298 e. The van der Waals surface area contributed by atoms with Gasteiger partial charge in [-0.3, -0.25) is 14.7 Å². The number of piperidine rings is 1. The lowest BCUT2D eigenvalue weighted by Gasteiger charge is -2.32. The Morgan fingerprint density at radius 1 is 1.23 bits per heavy atom. The predicted molar refractivity (Wildman–Crippen MR) is 94.4 cm³/mol. The molecule has 0 spiro atoms. The van der Waals surface area contributed by atoms with Gasteiger partial charge in [-0.25, -0.2) is 8.78 Å². The summed E-state index contributed by atoms with van der Waals surface area (Å²) in [5.41, 5.74) is 3.21. The third kappa shape index (κ3) is 3.39. The van der Waals surface area contributed by atoms with Crippen LogP contribution in [0.25, 0.3) is 11.1 Å². The van der Waals surface area contributed by atoms with Gasteiger partial charge in [0.1, 0.15) is 11.6 Å². The van der Waals surface area contributed by atoms with Crippen molar-refractivity contribution in [2.24, 2.45) is 7.05 Å². The molecule has 2 aromatic heterocycles. The van der Waals surface area contributed by atoms with Crippen LogP contribution in [-0.4, -0.2) is 38.0 Å². The molecule has 1 fully saturated rings. The fourth-order valence-electron chi connectivity index (χ4n) is 3.78. The van der Waals surface area contributed by atoms with E-state index in [1.807, 2.05) is 19.4 Å². The molecule has 0 bridgehead atoms. The minimum atomic E-state index is -0.573. The van der Waals surface area contributed by atoms with Crippen LogP contribution in [0.2, 0.25) is 0 Å². The SMILES string of the molecule is Cn1cc(CN2CCC[C@@H](c3[nH]ncc3-c3ccc(F)cc3F)C2)cn1. The van der Waals surface area contributed by atoms with E-state index in [0.717, 1.165) is 49.8 Å². The van der Waals surface area contributed by atoms with Gasteiger partial charge >= 0.3 is 0 Å². The summed E-state index contributed by atoms with van der Waals surface area (Å²) in [7, 11) is 1.91. The maximum Gasteiger partial charge on any atom is 0.134 e. The van der Waals surface area contributed by atoms with Crippen molar-refractivity contribution in [2.45, 2.75) is 25.3 Å². The van der Waals surface area contributed by atoms with Crippen LogP contribution in [0.15, 0.2) is 36.8 Å². The molecule has 0 amide bonds. The maximum absolute atomic E-state index is 14.2. The number of likely N-dealkylation sites (tertiary alicyclic amines) is 1. The molecule has 1 saturated heterocycles. The van der Waals surface area contributed by atoms with Gasteiger partial charge in [-0.1, -0.05) is 0 Å². The predicted octanol–water partition coefficient (Wildman–Crippen LogP) is 3.47. The lowest BCUT2D eigenvalue weighted by Crippen LogP contribution is -2.34. The average molecular weight is 357 g/mol. The standard InChI is InChI=1S/C19H21F2N5/c1-25-10-13(8-23-25)11-26-6-2-3-14(12-26)19-17(9-22-24-19)16-5-4-15(20)7-18(16)21/h4-5,7-10,14H,2-3,6,11-12H2,1H3,(H,22,24)/t14-/m1/s1. The first-order valence-corrected chi connectivity index (χ1v) is 8.78. The zero-order chi connectivity index (χ0) is 18.1. The van der Waals surface area contributed by atoms with Gasteiger partial charge in [0.25, 0.3) is 0 Å². The summed E-state index contributed by atoms with van der Waals surface area (Å²) in [6, 6.07) is 3.68. The van der Waals surface area contributed by atoms with E-state index in [4.69, 9.17) is 0 Å². The van der Waals surface area contributed by atoms with Crippen molar-refractivity contribution >= 4 is 0 Å². The summed E-state index contributed by atoms with van der Waals surface area (Å²) >= 11 is 0. The molecule has 1 N–H and O–H groups in total. The number of benzene rings is 1. The highest BCUT2D eigenvalue weighted by Crippen LogP contribution is 2.34. The van der Waals surface area contributed by atoms with E-state index in [9.17, 15) is 8.78 Å². The molecule has 1 aliphatic rings. The molecule has 3 aromatic rings. The smallest absolute Gasteiger partial charge is 0.134 e. The zero-order valence-corrected chi connectivity index (χ0v) is 14.6. The minimum absolute atomic E-state index is 0.238. The molecule has 7 heteroatoms. The summed E-state index contributed by atoms with van der Waals surface area (Å²) in [6.07, 6.45) is 7.63. The van der Waals surface area contributed by atoms with Crippen LogP contribution in [0.3, 0.4) is 0 Å². The van der Waals surface area contributed by atoms with Crippen molar-refractivity contribution in [3.63, 3.8) is 0 Å². The summed E-state index contributed by atoms with van der Waals surface area (Å²) in [6.45, 7) is 2.74. The van der Waals surface area contributed by atoms with E-state index in [2.05, 4.69) is 20.2 Å². The van der Waals surface area contributed by atoms with Crippen molar-refractivity contribution in [1.29, 1.82) is 0 Å². The first-order valence-electron chi connectivity index (χ1n) is 8.78. The van der Waals surface area contributed by atoms with E-state index in [-0.39, 0.29) is 5.92 Å². The van der Waals surface area contributed by atoms with Gasteiger partial charge in [0.15, 0.2) is 0 Å². The van der Waals surface area contributed by atoms with E-state index in [0.29, 0.717) is 5.56 Å². The molecule has 1 atom stereocenters. The second-order valence-electron chi connectivity index (χ2n) is 6.92. The first kappa shape index (κ1) is 16.9. The number of nitrogens with one attached hydrogen (secondary N) is 1. The number of aromatic nitrogens is 4. The van der Waals surface area contributed by atoms with Crippen molar-refractivity contribution in [3.05, 3.63) is 59.7 Å². The highest BCUT2D eigenvalue weighted by atomic mass is 19.1. The summed E-state index contributed by atoms with van der Waals surface area (Å²) in [5, 5.41) is 11.4. The normalized spacial score (nSPS) is 18.3. The Kier molecular flexibility index (Phi) is 4.55. The van der Waals surface area contributed by atoms with Crippen molar-refractivity contribution < 1.29 is 8.78 Å². The molecule has 0 radical (unpaired) electrons. The topological polar surface area (TPSA) is 49.7 Å². The van der Waals surface area contributed by atoms with Crippen LogP contribution >= 0.6 is 0 Å². The maximum atomic E-state index is 14.2. The van der Waals surface area contributed by atoms with Crippen molar-refractivity contribution in [1.82, 2.24) is 24.9 Å². The van der Waals surface area contributed by atoms with E-state index in [1.165, 1.54) is 17.7 Å². The van der Waals surface area contributed by atoms with Gasteiger partial charge in [-0.2, -0.15) is 10.2 Å². The Morgan fingerprint density at radius 3 is 2.88 bits per heavy atom. The van der Waals surface area contributed by atoms with Crippen LogP contribution in [0, 0.1) is 11.6 Å². The number of H-pyrrole nitrogens is 1. The fourth-order valence-corrected chi connectivity index (χ4v) is 3.78. The van der Waals surface area contributed by atoms with Crippen LogP contribution in [0.4, 0.5) is 8.78 Å². The molecule has 4 rings (SSSR count). The van der Waals surface area contributed by atoms with Gasteiger partial charge < -0.3 is 0 Å². The number of aryl methyl sites for hydroxylation is 1. The molecular formula is C19H21F2N5. The first-order chi connectivity index (χ1) is 12.6. The monoisotopic (exact) mass is 357 g/mol. The molecule has 136 valence electrons. The van der Waals surface area contributed by atoms with Gasteiger partial charge in [0.05, 0.1) is 12.4 Å². The molecule has 1 aliphatic heterocycles. The molecule has 0 aliphatic carbocycles. The summed E-state index contributed by atoms with van der Waals surface area (Å²) < 4.78 is 29.3. The number of hydrogen-bond acceptors (Lipinski definition) is 3. The summed E-state index contributed by atoms with van der Waals surface area (Å²) in [4.78, 5) is 2.39. The van der Waals surface area contributed by atoms with Crippen molar-refractivity contribution in [2.75, 3.05) is 13.1 Å². The van der Waals surface area contributed by atoms with Crippen LogP contribution in [-0.2, 0) is 13.6 Å². The van der Waals surface area contributed by atoms with Gasteiger partial charge in [-0.05, 0) is 31.5 Å². The second-order valence-corrected chi connectivity index (χ2v) is 6.92. The average Bonchev–Trinajstić information content (AvgIpc) is 3.24. The van der Waals surface area contributed by atoms with E-state index >= 15 is 0 Å². The highest BCUT2D eigenvalue weighted by molar-refractivity contribution is 5.66. The van der Waals surface area contributed by atoms with Gasteiger partial charge in [0, 0.05) is 60.7 Å². The van der Waals surface area contributed by atoms with Crippen LogP contribution in [0.1, 0.15) is 30.0 Å². The Hall–Kier alpha value is -2.54. The minimum Gasteiger partial charge on any atom is -0.298 e. The fraction of sp³-hybridized carbons (Fsp3) is 0.368. The number of rotatable bonds is 4. The Labute approximate surface area is 150 Å². The van der Waals surface area contributed by atoms with Gasteiger partial charge in [-0.15, -0.1) is 0 Å². The zero-order valence-electron chi connectivity index (χ0n) is 14.6. The molecular weight excluding hydrogens is 336 g/mol. The highest BCUT2D eigenvalue weighted by Gasteiger charge is 2.26. The molecule has 0 unspecified atom stereocenters. The second kappa shape index (κ2) is 6.99. The molecule has 5 nitrogen and oxygen atoms in total. The Balaban J connectivity index is 1.55. The van der Waals surface area contributed by atoms with E-state index < -0.39 is 11.6 Å². The molecule has 0 saturated carbocycles. The Bertz CT molecular complexity index is 901. The number of hydrogen-bond donors (Lipinski definition) is 1. The molecule has 1 aromatic carbocycles. The lowest BCUT2D eigenvalue weighted by atomic mass is 9.90. The Morgan fingerprint density at radius 2 is 2.12 bits per heavy atom. The van der Waals surface area contributed by atoms with Crippen LogP contribution < -0.4 is 0 Å². The quantitative estimate of drug-likeness (QED) is 0.778. The number of halogens is 2. The lowest BCUT2D eigenvalue weighted by molar-refractivity contribution is 0.198. The van der Waals surface area contributed by atoms with Gasteiger partial charge in [0.2, 0.25) is 0 Å². The van der Waals surface area contributed by atoms with Crippen molar-refractivity contribution in [3.8, 4) is 11.1 Å². The number of aromatic amines is 1. The van der Waals surface area contributed by atoms with Crippen LogP contribution in [0.5, 0.6) is 0 Å². The molecule has 26 heavy (non-hydrogen) atoms. The number of nitrogens with zero attached hydrogens (tertiary/aromatic N) is 4.